The van der Waals surface area contributed by atoms with Crippen LogP contribution in [-0.2, 0) is 4.79 Å². The number of carboxylic acids is 1. The maximum Gasteiger partial charge on any atom is 0.328 e. The molecule has 1 heterocycles. The Morgan fingerprint density at radius 2 is 2.29 bits per heavy atom. The minimum absolute atomic E-state index is 0.229. The summed E-state index contributed by atoms with van der Waals surface area (Å²) < 4.78 is 25.5. The fourth-order valence-corrected chi connectivity index (χ4v) is 1.18. The summed E-state index contributed by atoms with van der Waals surface area (Å²) in [6.45, 7) is 1.25. The number of aliphatic carboxylic acids is 1. The largest absolute Gasteiger partial charge is 0.480 e. The lowest BCUT2D eigenvalue weighted by atomic mass is 10.3. The SMILES string of the molecule is C[C@H](C(=O)O)n1ncc(Cl)c1C(F)F. The second-order valence-electron chi connectivity index (χ2n) is 2.64. The highest BCUT2D eigenvalue weighted by Gasteiger charge is 2.25. The number of carboxylic acid groups (broad SMARTS) is 1. The first-order valence-corrected chi connectivity index (χ1v) is 4.06. The Labute approximate surface area is 83.1 Å². The van der Waals surface area contributed by atoms with Crippen LogP contribution in [0.3, 0.4) is 0 Å². The normalized spacial score (nSPS) is 13.2. The molecule has 0 saturated heterocycles. The molecule has 4 nitrogen and oxygen atoms in total. The first-order chi connectivity index (χ1) is 6.45. The lowest BCUT2D eigenvalue weighted by molar-refractivity contribution is -0.140. The summed E-state index contributed by atoms with van der Waals surface area (Å²) in [5.41, 5.74) is -0.568. The molecule has 0 saturated carbocycles. The molecule has 1 rings (SSSR count). The van der Waals surface area contributed by atoms with Crippen LogP contribution in [-0.4, -0.2) is 20.9 Å². The molecular weight excluding hydrogens is 218 g/mol. The van der Waals surface area contributed by atoms with Crippen molar-refractivity contribution in [3.05, 3.63) is 16.9 Å². The van der Waals surface area contributed by atoms with Crippen LogP contribution in [0, 0.1) is 0 Å². The first-order valence-electron chi connectivity index (χ1n) is 3.69. The maximum absolute atomic E-state index is 12.4. The number of hydrogen-bond donors (Lipinski definition) is 1. The predicted octanol–water partition coefficient (Wildman–Crippen LogP) is 2.12. The molecule has 14 heavy (non-hydrogen) atoms. The Bertz CT molecular complexity index is 353. The van der Waals surface area contributed by atoms with Crippen molar-refractivity contribution in [3.8, 4) is 0 Å². The number of halogens is 3. The highest BCUT2D eigenvalue weighted by atomic mass is 35.5. The van der Waals surface area contributed by atoms with Gasteiger partial charge in [0.1, 0.15) is 11.7 Å². The molecular formula is C7H7ClF2N2O2. The monoisotopic (exact) mass is 224 g/mol. The van der Waals surface area contributed by atoms with E-state index in [9.17, 15) is 13.6 Å². The van der Waals surface area contributed by atoms with Crippen molar-refractivity contribution in [1.29, 1.82) is 0 Å². The van der Waals surface area contributed by atoms with Gasteiger partial charge < -0.3 is 5.11 Å². The number of rotatable bonds is 3. The van der Waals surface area contributed by atoms with E-state index in [4.69, 9.17) is 16.7 Å². The topological polar surface area (TPSA) is 55.1 Å². The van der Waals surface area contributed by atoms with Gasteiger partial charge >= 0.3 is 5.97 Å². The lowest BCUT2D eigenvalue weighted by Gasteiger charge is -2.10. The minimum atomic E-state index is -2.84. The standard InChI is InChI=1S/C7H7ClF2N2O2/c1-3(7(13)14)12-5(6(9)10)4(8)2-11-12/h2-3,6H,1H3,(H,13,14)/t3-/m1/s1. The van der Waals surface area contributed by atoms with E-state index in [2.05, 4.69) is 5.10 Å². The van der Waals surface area contributed by atoms with Crippen LogP contribution >= 0.6 is 11.6 Å². The molecule has 0 amide bonds. The highest BCUT2D eigenvalue weighted by Crippen LogP contribution is 2.28. The second-order valence-corrected chi connectivity index (χ2v) is 3.04. The third kappa shape index (κ3) is 1.84. The van der Waals surface area contributed by atoms with Gasteiger partial charge in [0, 0.05) is 0 Å². The first kappa shape index (κ1) is 10.9. The van der Waals surface area contributed by atoms with Crippen LogP contribution in [0.25, 0.3) is 0 Å². The van der Waals surface area contributed by atoms with E-state index in [1.54, 1.807) is 0 Å². The summed E-state index contributed by atoms with van der Waals surface area (Å²) in [4.78, 5) is 10.5. The summed E-state index contributed by atoms with van der Waals surface area (Å²) in [5.74, 6) is -1.24. The van der Waals surface area contributed by atoms with E-state index in [1.165, 1.54) is 6.92 Å². The second kappa shape index (κ2) is 3.91. The molecule has 7 heteroatoms. The summed E-state index contributed by atoms with van der Waals surface area (Å²) in [7, 11) is 0. The smallest absolute Gasteiger partial charge is 0.328 e. The molecule has 1 N–H and O–H groups in total. The number of aromatic nitrogens is 2. The molecule has 0 aliphatic heterocycles. The third-order valence-corrected chi connectivity index (χ3v) is 2.01. The maximum atomic E-state index is 12.4. The summed E-state index contributed by atoms with van der Waals surface area (Å²) in [5, 5.41) is 11.9. The van der Waals surface area contributed by atoms with E-state index in [0.29, 0.717) is 4.68 Å². The quantitative estimate of drug-likeness (QED) is 0.856. The molecule has 0 fully saturated rings. The Balaban J connectivity index is 3.15. The van der Waals surface area contributed by atoms with Gasteiger partial charge in [-0.1, -0.05) is 11.6 Å². The molecule has 1 atom stereocenters. The van der Waals surface area contributed by atoms with Crippen molar-refractivity contribution in [2.45, 2.75) is 19.4 Å². The van der Waals surface area contributed by atoms with E-state index in [1.807, 2.05) is 0 Å². The van der Waals surface area contributed by atoms with Gasteiger partial charge in [0.2, 0.25) is 0 Å². The Kier molecular flexibility index (Phi) is 3.05. The van der Waals surface area contributed by atoms with Crippen LogP contribution in [0.4, 0.5) is 8.78 Å². The van der Waals surface area contributed by atoms with E-state index >= 15 is 0 Å². The van der Waals surface area contributed by atoms with Crippen LogP contribution in [0.1, 0.15) is 25.1 Å². The molecule has 0 unspecified atom stereocenters. The number of hydrogen-bond acceptors (Lipinski definition) is 2. The van der Waals surface area contributed by atoms with Gasteiger partial charge in [0.15, 0.2) is 0 Å². The Morgan fingerprint density at radius 3 is 2.71 bits per heavy atom. The van der Waals surface area contributed by atoms with Crippen molar-refractivity contribution in [3.63, 3.8) is 0 Å². The van der Waals surface area contributed by atoms with Crippen molar-refractivity contribution in [2.24, 2.45) is 0 Å². The predicted molar refractivity (Wildman–Crippen MR) is 44.5 cm³/mol. The zero-order valence-electron chi connectivity index (χ0n) is 7.12. The van der Waals surface area contributed by atoms with E-state index < -0.39 is 24.1 Å². The molecule has 0 aliphatic rings. The molecule has 0 radical (unpaired) electrons. The summed E-state index contributed by atoms with van der Waals surface area (Å²) >= 11 is 5.43. The van der Waals surface area contributed by atoms with Crippen molar-refractivity contribution in [1.82, 2.24) is 9.78 Å². The zero-order valence-corrected chi connectivity index (χ0v) is 7.87. The average Bonchev–Trinajstić information content (AvgIpc) is 2.45. The van der Waals surface area contributed by atoms with Crippen LogP contribution in [0.2, 0.25) is 5.02 Å². The molecule has 78 valence electrons. The third-order valence-electron chi connectivity index (χ3n) is 1.72. The lowest BCUT2D eigenvalue weighted by Crippen LogP contribution is -2.19. The van der Waals surface area contributed by atoms with Gasteiger partial charge in [0.25, 0.3) is 6.43 Å². The van der Waals surface area contributed by atoms with Gasteiger partial charge in [-0.15, -0.1) is 0 Å². The fourth-order valence-electron chi connectivity index (χ4n) is 0.968. The Morgan fingerprint density at radius 1 is 1.71 bits per heavy atom. The molecule has 0 aromatic carbocycles. The van der Waals surface area contributed by atoms with Crippen molar-refractivity contribution in [2.75, 3.05) is 0 Å². The van der Waals surface area contributed by atoms with Crippen LogP contribution < -0.4 is 0 Å². The van der Waals surface area contributed by atoms with Crippen LogP contribution in [0.15, 0.2) is 6.20 Å². The zero-order chi connectivity index (χ0) is 10.9. The van der Waals surface area contributed by atoms with Gasteiger partial charge in [-0.3, -0.25) is 0 Å². The number of nitrogens with zero attached hydrogens (tertiary/aromatic N) is 2. The molecule has 0 aliphatic carbocycles. The van der Waals surface area contributed by atoms with E-state index in [0.717, 1.165) is 6.20 Å². The van der Waals surface area contributed by atoms with E-state index in [-0.39, 0.29) is 5.02 Å². The van der Waals surface area contributed by atoms with Gasteiger partial charge in [-0.05, 0) is 6.92 Å². The van der Waals surface area contributed by atoms with Gasteiger partial charge in [-0.2, -0.15) is 5.10 Å². The molecule has 1 aromatic rings. The molecule has 0 bridgehead atoms. The van der Waals surface area contributed by atoms with Crippen molar-refractivity contribution >= 4 is 17.6 Å². The summed E-state index contributed by atoms with van der Waals surface area (Å²) in [6.07, 6.45) is -1.84. The van der Waals surface area contributed by atoms with Crippen LogP contribution in [0.5, 0.6) is 0 Å². The molecule has 0 spiro atoms. The average molecular weight is 225 g/mol. The Hall–Kier alpha value is -1.17. The van der Waals surface area contributed by atoms with Crippen molar-refractivity contribution < 1.29 is 18.7 Å². The number of alkyl halides is 2. The summed E-state index contributed by atoms with van der Waals surface area (Å²) in [6, 6.07) is -1.16. The fraction of sp³-hybridized carbons (Fsp3) is 0.429. The van der Waals surface area contributed by atoms with Gasteiger partial charge in [0.05, 0.1) is 11.2 Å². The van der Waals surface area contributed by atoms with Gasteiger partial charge in [-0.25, -0.2) is 18.3 Å². The highest BCUT2D eigenvalue weighted by molar-refractivity contribution is 6.31. The molecule has 1 aromatic heterocycles. The minimum Gasteiger partial charge on any atom is -0.480 e. The number of carbonyl (C=O) groups is 1.